The number of hydrogen-bond acceptors (Lipinski definition) is 5. The van der Waals surface area contributed by atoms with E-state index in [1.807, 2.05) is 48.2 Å². The zero-order chi connectivity index (χ0) is 19.3. The van der Waals surface area contributed by atoms with Crippen LogP contribution in [0.25, 0.3) is 0 Å². The molecule has 2 aromatic rings. The first-order valence-electron chi connectivity index (χ1n) is 9.61. The van der Waals surface area contributed by atoms with Gasteiger partial charge in [0.1, 0.15) is 5.75 Å². The highest BCUT2D eigenvalue weighted by molar-refractivity contribution is 5.89. The first-order valence-corrected chi connectivity index (χ1v) is 9.61. The molecule has 2 amide bonds. The van der Waals surface area contributed by atoms with E-state index in [9.17, 15) is 4.79 Å². The summed E-state index contributed by atoms with van der Waals surface area (Å²) in [6, 6.07) is 13.4. The molecule has 0 atom stereocenters. The monoisotopic (exact) mass is 383 g/mol. The molecule has 7 nitrogen and oxygen atoms in total. The van der Waals surface area contributed by atoms with Gasteiger partial charge in [-0.3, -0.25) is 4.90 Å². The summed E-state index contributed by atoms with van der Waals surface area (Å²) in [5.41, 5.74) is 1.97. The summed E-state index contributed by atoms with van der Waals surface area (Å²) >= 11 is 0. The van der Waals surface area contributed by atoms with Crippen LogP contribution in [0.2, 0.25) is 0 Å². The summed E-state index contributed by atoms with van der Waals surface area (Å²) < 4.78 is 16.2. The Morgan fingerprint density at radius 1 is 1.04 bits per heavy atom. The maximum Gasteiger partial charge on any atom is 0.321 e. The SMILES string of the molecule is CCOc1ccc(NC(=O)N2CCN(Cc3ccc4c(c3)OCO4)CC2)cc1. The van der Waals surface area contributed by atoms with Crippen molar-refractivity contribution in [2.45, 2.75) is 13.5 Å². The van der Waals surface area contributed by atoms with Crippen LogP contribution < -0.4 is 19.5 Å². The molecule has 2 aliphatic heterocycles. The maximum atomic E-state index is 12.5. The molecule has 1 fully saturated rings. The fraction of sp³-hybridized carbons (Fsp3) is 0.381. The second-order valence-corrected chi connectivity index (χ2v) is 6.84. The average Bonchev–Trinajstić information content (AvgIpc) is 3.18. The van der Waals surface area contributed by atoms with Crippen molar-refractivity contribution in [3.05, 3.63) is 48.0 Å². The summed E-state index contributed by atoms with van der Waals surface area (Å²) in [5.74, 6) is 2.42. The number of fused-ring (bicyclic) bond motifs is 1. The van der Waals surface area contributed by atoms with E-state index in [4.69, 9.17) is 14.2 Å². The number of carbonyl (C=O) groups is 1. The Labute approximate surface area is 164 Å². The Kier molecular flexibility index (Phi) is 5.53. The van der Waals surface area contributed by atoms with Crippen LogP contribution in [0.5, 0.6) is 17.2 Å². The van der Waals surface area contributed by atoms with Gasteiger partial charge in [-0.25, -0.2) is 4.79 Å². The highest BCUT2D eigenvalue weighted by Gasteiger charge is 2.22. The summed E-state index contributed by atoms with van der Waals surface area (Å²) in [5, 5.41) is 2.96. The fourth-order valence-electron chi connectivity index (χ4n) is 3.41. The zero-order valence-corrected chi connectivity index (χ0v) is 16.0. The molecule has 2 aliphatic rings. The number of amides is 2. The first kappa shape index (κ1) is 18.4. The van der Waals surface area contributed by atoms with Crippen LogP contribution in [0.15, 0.2) is 42.5 Å². The third kappa shape index (κ3) is 4.31. The average molecular weight is 383 g/mol. The maximum absolute atomic E-state index is 12.5. The second kappa shape index (κ2) is 8.39. The fourth-order valence-corrected chi connectivity index (χ4v) is 3.41. The summed E-state index contributed by atoms with van der Waals surface area (Å²) in [6.07, 6.45) is 0. The van der Waals surface area contributed by atoms with E-state index in [2.05, 4.69) is 16.3 Å². The lowest BCUT2D eigenvalue weighted by Crippen LogP contribution is -2.49. The molecular weight excluding hydrogens is 358 g/mol. The van der Waals surface area contributed by atoms with E-state index in [1.165, 1.54) is 5.56 Å². The minimum absolute atomic E-state index is 0.0631. The van der Waals surface area contributed by atoms with Crippen LogP contribution in [0, 0.1) is 0 Å². The van der Waals surface area contributed by atoms with Gasteiger partial charge in [-0.15, -0.1) is 0 Å². The number of rotatable bonds is 5. The lowest BCUT2D eigenvalue weighted by molar-refractivity contribution is 0.143. The van der Waals surface area contributed by atoms with Gasteiger partial charge in [0, 0.05) is 38.4 Å². The number of ether oxygens (including phenoxy) is 3. The van der Waals surface area contributed by atoms with Gasteiger partial charge in [0.15, 0.2) is 11.5 Å². The van der Waals surface area contributed by atoms with Crippen molar-refractivity contribution in [3.8, 4) is 17.2 Å². The van der Waals surface area contributed by atoms with Gasteiger partial charge in [-0.05, 0) is 48.9 Å². The van der Waals surface area contributed by atoms with Gasteiger partial charge in [0.05, 0.1) is 6.61 Å². The summed E-state index contributed by atoms with van der Waals surface area (Å²) in [4.78, 5) is 16.7. The topological polar surface area (TPSA) is 63.3 Å². The molecule has 1 saturated heterocycles. The van der Waals surface area contributed by atoms with Crippen molar-refractivity contribution in [3.63, 3.8) is 0 Å². The summed E-state index contributed by atoms with van der Waals surface area (Å²) in [7, 11) is 0. The Balaban J connectivity index is 1.26. The molecule has 148 valence electrons. The molecule has 0 aromatic heterocycles. The molecule has 0 saturated carbocycles. The number of anilines is 1. The van der Waals surface area contributed by atoms with Crippen LogP contribution in [0.1, 0.15) is 12.5 Å². The summed E-state index contributed by atoms with van der Waals surface area (Å²) in [6.45, 7) is 6.78. The van der Waals surface area contributed by atoms with E-state index in [0.717, 1.165) is 42.6 Å². The minimum atomic E-state index is -0.0631. The molecule has 0 aliphatic carbocycles. The number of piperazine rings is 1. The quantitative estimate of drug-likeness (QED) is 0.859. The molecule has 1 N–H and O–H groups in total. The Morgan fingerprint density at radius 2 is 1.79 bits per heavy atom. The normalized spacial score (nSPS) is 16.1. The predicted octanol–water partition coefficient (Wildman–Crippen LogP) is 3.16. The van der Waals surface area contributed by atoms with Crippen molar-refractivity contribution in [1.29, 1.82) is 0 Å². The van der Waals surface area contributed by atoms with Crippen LogP contribution in [-0.2, 0) is 6.54 Å². The zero-order valence-electron chi connectivity index (χ0n) is 16.0. The molecule has 0 bridgehead atoms. The molecule has 2 aromatic carbocycles. The number of benzene rings is 2. The van der Waals surface area contributed by atoms with Crippen molar-refractivity contribution in [2.75, 3.05) is 44.9 Å². The molecule has 0 spiro atoms. The van der Waals surface area contributed by atoms with Crippen molar-refractivity contribution < 1.29 is 19.0 Å². The third-order valence-electron chi connectivity index (χ3n) is 4.92. The highest BCUT2D eigenvalue weighted by atomic mass is 16.7. The molecule has 2 heterocycles. The first-order chi connectivity index (χ1) is 13.7. The standard InChI is InChI=1S/C21H25N3O4/c1-2-26-18-6-4-17(5-7-18)22-21(25)24-11-9-23(10-12-24)14-16-3-8-19-20(13-16)28-15-27-19/h3-8,13H,2,9-12,14-15H2,1H3,(H,22,25). The third-order valence-corrected chi connectivity index (χ3v) is 4.92. The van der Waals surface area contributed by atoms with Crippen molar-refractivity contribution in [1.82, 2.24) is 9.80 Å². The number of nitrogens with zero attached hydrogens (tertiary/aromatic N) is 2. The highest BCUT2D eigenvalue weighted by Crippen LogP contribution is 2.32. The minimum Gasteiger partial charge on any atom is -0.494 e. The number of hydrogen-bond donors (Lipinski definition) is 1. The molecule has 0 radical (unpaired) electrons. The number of nitrogens with one attached hydrogen (secondary N) is 1. The van der Waals surface area contributed by atoms with Crippen molar-refractivity contribution in [2.24, 2.45) is 0 Å². The van der Waals surface area contributed by atoms with E-state index < -0.39 is 0 Å². The van der Waals surface area contributed by atoms with E-state index >= 15 is 0 Å². The number of carbonyl (C=O) groups excluding carboxylic acids is 1. The van der Waals surface area contributed by atoms with Gasteiger partial charge in [-0.2, -0.15) is 0 Å². The van der Waals surface area contributed by atoms with Crippen LogP contribution in [0.4, 0.5) is 10.5 Å². The lowest BCUT2D eigenvalue weighted by Gasteiger charge is -2.34. The lowest BCUT2D eigenvalue weighted by atomic mass is 10.1. The Hall–Kier alpha value is -2.93. The largest absolute Gasteiger partial charge is 0.494 e. The van der Waals surface area contributed by atoms with Gasteiger partial charge in [0.2, 0.25) is 6.79 Å². The van der Waals surface area contributed by atoms with Gasteiger partial charge in [0.25, 0.3) is 0 Å². The van der Waals surface area contributed by atoms with E-state index in [-0.39, 0.29) is 6.03 Å². The molecule has 0 unspecified atom stereocenters. The Morgan fingerprint density at radius 3 is 2.54 bits per heavy atom. The predicted molar refractivity (Wildman–Crippen MR) is 106 cm³/mol. The van der Waals surface area contributed by atoms with Gasteiger partial charge < -0.3 is 24.4 Å². The van der Waals surface area contributed by atoms with Crippen LogP contribution in [0.3, 0.4) is 0 Å². The molecule has 28 heavy (non-hydrogen) atoms. The second-order valence-electron chi connectivity index (χ2n) is 6.84. The molecular formula is C21H25N3O4. The Bertz CT molecular complexity index is 817. The van der Waals surface area contributed by atoms with Gasteiger partial charge in [-0.1, -0.05) is 6.07 Å². The smallest absolute Gasteiger partial charge is 0.321 e. The molecule has 4 rings (SSSR count). The van der Waals surface area contributed by atoms with E-state index in [1.54, 1.807) is 0 Å². The van der Waals surface area contributed by atoms with Crippen molar-refractivity contribution >= 4 is 11.7 Å². The van der Waals surface area contributed by atoms with Crippen LogP contribution in [-0.4, -0.2) is 55.4 Å². The van der Waals surface area contributed by atoms with Crippen LogP contribution >= 0.6 is 0 Å². The van der Waals surface area contributed by atoms with E-state index in [0.29, 0.717) is 26.5 Å². The molecule has 7 heteroatoms. The van der Waals surface area contributed by atoms with Gasteiger partial charge >= 0.3 is 6.03 Å². The number of urea groups is 1.